The summed E-state index contributed by atoms with van der Waals surface area (Å²) in [5.41, 5.74) is 0. The molecule has 0 aromatic heterocycles. The standard InChI is InChI=1S/C8H14O4/c1-6(8(9)10)12-7-3-2-4-11-5-7/h6-7H,2-5H2,1H3,(H,9,10)/t6-,7?/m0/s1. The summed E-state index contributed by atoms with van der Waals surface area (Å²) in [5.74, 6) is -0.916. The number of aliphatic carboxylic acids is 1. The molecule has 0 spiro atoms. The third kappa shape index (κ3) is 2.79. The first-order valence-corrected chi connectivity index (χ1v) is 4.16. The lowest BCUT2D eigenvalue weighted by molar-refractivity contribution is -0.157. The normalized spacial score (nSPS) is 26.6. The van der Waals surface area contributed by atoms with Crippen LogP contribution >= 0.6 is 0 Å². The molecule has 70 valence electrons. The van der Waals surface area contributed by atoms with Crippen molar-refractivity contribution in [2.24, 2.45) is 0 Å². The Bertz CT molecular complexity index is 151. The van der Waals surface area contributed by atoms with Gasteiger partial charge in [0.2, 0.25) is 0 Å². The van der Waals surface area contributed by atoms with Crippen molar-refractivity contribution in [1.82, 2.24) is 0 Å². The van der Waals surface area contributed by atoms with Crippen molar-refractivity contribution < 1.29 is 19.4 Å². The number of carboxylic acids is 1. The first kappa shape index (κ1) is 9.48. The molecule has 12 heavy (non-hydrogen) atoms. The molecule has 1 N–H and O–H groups in total. The van der Waals surface area contributed by atoms with Crippen LogP contribution in [0.15, 0.2) is 0 Å². The Kier molecular flexibility index (Phi) is 3.49. The van der Waals surface area contributed by atoms with E-state index in [1.807, 2.05) is 0 Å². The number of carbonyl (C=O) groups is 1. The van der Waals surface area contributed by atoms with Crippen molar-refractivity contribution in [2.75, 3.05) is 13.2 Å². The maximum absolute atomic E-state index is 10.4. The molecule has 1 aliphatic heterocycles. The lowest BCUT2D eigenvalue weighted by Gasteiger charge is -2.24. The van der Waals surface area contributed by atoms with E-state index in [-0.39, 0.29) is 6.10 Å². The van der Waals surface area contributed by atoms with Gasteiger partial charge in [0.1, 0.15) is 0 Å². The van der Waals surface area contributed by atoms with E-state index < -0.39 is 12.1 Å². The fourth-order valence-corrected chi connectivity index (χ4v) is 1.17. The van der Waals surface area contributed by atoms with Crippen molar-refractivity contribution >= 4 is 5.97 Å². The second kappa shape index (κ2) is 4.42. The number of hydrogen-bond donors (Lipinski definition) is 1. The predicted molar refractivity (Wildman–Crippen MR) is 42.0 cm³/mol. The summed E-state index contributed by atoms with van der Waals surface area (Å²) in [5, 5.41) is 8.55. The van der Waals surface area contributed by atoms with E-state index in [1.165, 1.54) is 6.92 Å². The molecule has 0 radical (unpaired) electrons. The minimum Gasteiger partial charge on any atom is -0.479 e. The van der Waals surface area contributed by atoms with Crippen LogP contribution in [0.25, 0.3) is 0 Å². The van der Waals surface area contributed by atoms with Gasteiger partial charge in [0.15, 0.2) is 6.10 Å². The maximum Gasteiger partial charge on any atom is 0.332 e. The zero-order valence-corrected chi connectivity index (χ0v) is 7.16. The highest BCUT2D eigenvalue weighted by molar-refractivity contribution is 5.71. The quantitative estimate of drug-likeness (QED) is 0.682. The zero-order chi connectivity index (χ0) is 8.97. The van der Waals surface area contributed by atoms with Crippen molar-refractivity contribution in [2.45, 2.75) is 32.0 Å². The van der Waals surface area contributed by atoms with Crippen LogP contribution in [0.2, 0.25) is 0 Å². The van der Waals surface area contributed by atoms with Crippen molar-refractivity contribution in [3.63, 3.8) is 0 Å². The molecule has 4 heteroatoms. The van der Waals surface area contributed by atoms with Gasteiger partial charge < -0.3 is 14.6 Å². The summed E-state index contributed by atoms with van der Waals surface area (Å²) in [7, 11) is 0. The molecule has 1 fully saturated rings. The van der Waals surface area contributed by atoms with Gasteiger partial charge >= 0.3 is 5.97 Å². The molecule has 1 rings (SSSR count). The van der Waals surface area contributed by atoms with Gasteiger partial charge in [-0.15, -0.1) is 0 Å². The summed E-state index contributed by atoms with van der Waals surface area (Å²) in [6.45, 7) is 2.83. The highest BCUT2D eigenvalue weighted by Gasteiger charge is 2.20. The molecular weight excluding hydrogens is 160 g/mol. The van der Waals surface area contributed by atoms with Crippen molar-refractivity contribution in [1.29, 1.82) is 0 Å². The van der Waals surface area contributed by atoms with E-state index in [9.17, 15) is 4.79 Å². The number of ether oxygens (including phenoxy) is 2. The molecule has 1 heterocycles. The molecule has 1 aliphatic rings. The van der Waals surface area contributed by atoms with Gasteiger partial charge in [-0.05, 0) is 19.8 Å². The number of rotatable bonds is 3. The Morgan fingerprint density at radius 3 is 3.00 bits per heavy atom. The van der Waals surface area contributed by atoms with E-state index >= 15 is 0 Å². The monoisotopic (exact) mass is 174 g/mol. The van der Waals surface area contributed by atoms with Gasteiger partial charge in [-0.2, -0.15) is 0 Å². The molecule has 0 aliphatic carbocycles. The summed E-state index contributed by atoms with van der Waals surface area (Å²) >= 11 is 0. The molecular formula is C8H14O4. The van der Waals surface area contributed by atoms with Crippen molar-refractivity contribution in [3.8, 4) is 0 Å². The highest BCUT2D eigenvalue weighted by Crippen LogP contribution is 2.11. The van der Waals surface area contributed by atoms with Gasteiger partial charge in [0.25, 0.3) is 0 Å². The minimum atomic E-state index is -0.916. The molecule has 0 aromatic carbocycles. The molecule has 0 aromatic rings. The highest BCUT2D eigenvalue weighted by atomic mass is 16.6. The first-order valence-electron chi connectivity index (χ1n) is 4.16. The van der Waals surface area contributed by atoms with Crippen LogP contribution in [0.1, 0.15) is 19.8 Å². The van der Waals surface area contributed by atoms with Crippen LogP contribution in [-0.2, 0) is 14.3 Å². The Morgan fingerprint density at radius 1 is 1.75 bits per heavy atom. The van der Waals surface area contributed by atoms with Crippen LogP contribution in [0.4, 0.5) is 0 Å². The topological polar surface area (TPSA) is 55.8 Å². The summed E-state index contributed by atoms with van der Waals surface area (Å²) < 4.78 is 10.4. The Hall–Kier alpha value is -0.610. The van der Waals surface area contributed by atoms with E-state index in [2.05, 4.69) is 0 Å². The third-order valence-corrected chi connectivity index (χ3v) is 1.86. The molecule has 0 saturated carbocycles. The Morgan fingerprint density at radius 2 is 2.50 bits per heavy atom. The van der Waals surface area contributed by atoms with Gasteiger partial charge in [-0.1, -0.05) is 0 Å². The van der Waals surface area contributed by atoms with E-state index in [0.29, 0.717) is 6.61 Å². The molecule has 4 nitrogen and oxygen atoms in total. The van der Waals surface area contributed by atoms with Gasteiger partial charge in [-0.3, -0.25) is 0 Å². The first-order chi connectivity index (χ1) is 5.70. The SMILES string of the molecule is C[C@H](OC1CCCOC1)C(=O)O. The summed E-state index contributed by atoms with van der Waals surface area (Å²) in [6, 6.07) is 0. The van der Waals surface area contributed by atoms with E-state index in [0.717, 1.165) is 19.4 Å². The fraction of sp³-hybridized carbons (Fsp3) is 0.875. The molecule has 0 amide bonds. The van der Waals surface area contributed by atoms with Crippen LogP contribution in [0, 0.1) is 0 Å². The van der Waals surface area contributed by atoms with Crippen LogP contribution in [0.5, 0.6) is 0 Å². The number of hydrogen-bond acceptors (Lipinski definition) is 3. The average Bonchev–Trinajstić information content (AvgIpc) is 2.06. The van der Waals surface area contributed by atoms with E-state index in [4.69, 9.17) is 14.6 Å². The van der Waals surface area contributed by atoms with Crippen LogP contribution in [-0.4, -0.2) is 36.5 Å². The average molecular weight is 174 g/mol. The predicted octanol–water partition coefficient (Wildman–Crippen LogP) is 0.655. The van der Waals surface area contributed by atoms with Crippen molar-refractivity contribution in [3.05, 3.63) is 0 Å². The second-order valence-electron chi connectivity index (χ2n) is 2.96. The van der Waals surface area contributed by atoms with Crippen LogP contribution < -0.4 is 0 Å². The van der Waals surface area contributed by atoms with Crippen LogP contribution in [0.3, 0.4) is 0 Å². The molecule has 1 unspecified atom stereocenters. The van der Waals surface area contributed by atoms with Gasteiger partial charge in [0, 0.05) is 6.61 Å². The Labute approximate surface area is 71.5 Å². The maximum atomic E-state index is 10.4. The minimum absolute atomic E-state index is 0.0372. The smallest absolute Gasteiger partial charge is 0.332 e. The molecule has 1 saturated heterocycles. The molecule has 2 atom stereocenters. The fourth-order valence-electron chi connectivity index (χ4n) is 1.17. The largest absolute Gasteiger partial charge is 0.479 e. The third-order valence-electron chi connectivity index (χ3n) is 1.86. The Balaban J connectivity index is 2.24. The summed E-state index contributed by atoms with van der Waals surface area (Å²) in [6.07, 6.45) is 1.09. The lowest BCUT2D eigenvalue weighted by atomic mass is 10.2. The summed E-state index contributed by atoms with van der Waals surface area (Å²) in [4.78, 5) is 10.4. The lowest BCUT2D eigenvalue weighted by Crippen LogP contribution is -2.32. The second-order valence-corrected chi connectivity index (χ2v) is 2.96. The van der Waals surface area contributed by atoms with Gasteiger partial charge in [-0.25, -0.2) is 4.79 Å². The number of carboxylic acid groups (broad SMARTS) is 1. The van der Waals surface area contributed by atoms with E-state index in [1.54, 1.807) is 0 Å². The van der Waals surface area contributed by atoms with Gasteiger partial charge in [0.05, 0.1) is 12.7 Å². The molecule has 0 bridgehead atoms. The zero-order valence-electron chi connectivity index (χ0n) is 7.16.